The predicted molar refractivity (Wildman–Crippen MR) is 105 cm³/mol. The Kier molecular flexibility index (Phi) is 4.35. The predicted octanol–water partition coefficient (Wildman–Crippen LogP) is 3.04. The molecule has 0 radical (unpaired) electrons. The van der Waals surface area contributed by atoms with Gasteiger partial charge in [0.1, 0.15) is 5.82 Å². The van der Waals surface area contributed by atoms with Crippen LogP contribution in [0.1, 0.15) is 30.3 Å². The third-order valence-corrected chi connectivity index (χ3v) is 4.77. The summed E-state index contributed by atoms with van der Waals surface area (Å²) >= 11 is 0. The second kappa shape index (κ2) is 7.30. The first-order chi connectivity index (χ1) is 14.3. The smallest absolute Gasteiger partial charge is 0.227 e. The highest BCUT2D eigenvalue weighted by atomic mass is 16.5. The number of aromatic nitrogens is 7. The number of nitrogens with zero attached hydrogens (tertiary/aromatic N) is 7. The Morgan fingerprint density at radius 3 is 2.86 bits per heavy atom. The zero-order valence-corrected chi connectivity index (χ0v) is 15.8. The molecule has 29 heavy (non-hydrogen) atoms. The number of aryl methyl sites for hydroxylation is 1. The lowest BCUT2D eigenvalue weighted by atomic mass is 10.1. The molecule has 0 spiro atoms. The van der Waals surface area contributed by atoms with E-state index in [0.29, 0.717) is 29.1 Å². The molecule has 1 aliphatic rings. The van der Waals surface area contributed by atoms with Crippen molar-refractivity contribution in [3.05, 3.63) is 54.3 Å². The fraction of sp³-hybridized carbons (Fsp3) is 0.263. The Morgan fingerprint density at radius 1 is 1.14 bits per heavy atom. The number of rotatable bonds is 5. The van der Waals surface area contributed by atoms with Crippen LogP contribution in [-0.2, 0) is 0 Å². The Bertz CT molecular complexity index is 1110. The first kappa shape index (κ1) is 17.3. The molecule has 10 nitrogen and oxygen atoms in total. The Morgan fingerprint density at radius 2 is 2.03 bits per heavy atom. The molecular formula is C19H19N9O. The summed E-state index contributed by atoms with van der Waals surface area (Å²) in [7, 11) is 0. The lowest BCUT2D eigenvalue weighted by Gasteiger charge is -2.22. The minimum absolute atomic E-state index is 0.0165. The molecule has 0 aromatic carbocycles. The fourth-order valence-electron chi connectivity index (χ4n) is 3.45. The number of aromatic amines is 1. The summed E-state index contributed by atoms with van der Waals surface area (Å²) in [5, 5.41) is 14.4. The van der Waals surface area contributed by atoms with Crippen molar-refractivity contribution in [3.63, 3.8) is 0 Å². The van der Waals surface area contributed by atoms with Crippen LogP contribution in [0.15, 0.2) is 47.4 Å². The average Bonchev–Trinajstić information content (AvgIpc) is 3.49. The number of H-pyrrole nitrogens is 1. The van der Waals surface area contributed by atoms with Crippen molar-refractivity contribution < 1.29 is 4.52 Å². The van der Waals surface area contributed by atoms with Crippen LogP contribution >= 0.6 is 0 Å². The topological polar surface area (TPSA) is 122 Å². The van der Waals surface area contributed by atoms with Gasteiger partial charge < -0.3 is 14.7 Å². The van der Waals surface area contributed by atoms with Gasteiger partial charge in [-0.15, -0.1) is 0 Å². The van der Waals surface area contributed by atoms with Gasteiger partial charge in [0, 0.05) is 43.0 Å². The zero-order chi connectivity index (χ0) is 19.6. The molecule has 4 aromatic rings. The van der Waals surface area contributed by atoms with Crippen LogP contribution in [0.25, 0.3) is 11.5 Å². The third kappa shape index (κ3) is 3.51. The molecule has 1 fully saturated rings. The van der Waals surface area contributed by atoms with Crippen LogP contribution in [-0.4, -0.2) is 41.8 Å². The van der Waals surface area contributed by atoms with E-state index in [1.807, 2.05) is 25.1 Å². The van der Waals surface area contributed by atoms with E-state index in [4.69, 9.17) is 4.52 Å². The second-order valence-corrected chi connectivity index (χ2v) is 6.84. The molecule has 1 saturated heterocycles. The maximum absolute atomic E-state index is 5.63. The first-order valence-corrected chi connectivity index (χ1v) is 9.39. The van der Waals surface area contributed by atoms with Gasteiger partial charge in [0.25, 0.3) is 0 Å². The summed E-state index contributed by atoms with van der Waals surface area (Å²) in [4.78, 5) is 19.7. The summed E-state index contributed by atoms with van der Waals surface area (Å²) in [6, 6.07) is 7.42. The van der Waals surface area contributed by atoms with Gasteiger partial charge in [0.05, 0.1) is 6.04 Å². The number of nitrogens with one attached hydrogen (secondary N) is 2. The minimum atomic E-state index is 0.0165. The molecule has 0 saturated carbocycles. The van der Waals surface area contributed by atoms with Crippen molar-refractivity contribution in [1.82, 2.24) is 35.3 Å². The molecule has 0 aliphatic carbocycles. The van der Waals surface area contributed by atoms with Crippen molar-refractivity contribution in [2.75, 3.05) is 16.8 Å². The summed E-state index contributed by atoms with van der Waals surface area (Å²) in [5.74, 6) is 3.34. The van der Waals surface area contributed by atoms with E-state index in [0.717, 1.165) is 30.8 Å². The average molecular weight is 389 g/mol. The van der Waals surface area contributed by atoms with E-state index in [-0.39, 0.29) is 6.04 Å². The zero-order valence-electron chi connectivity index (χ0n) is 15.8. The third-order valence-electron chi connectivity index (χ3n) is 4.77. The maximum Gasteiger partial charge on any atom is 0.227 e. The summed E-state index contributed by atoms with van der Waals surface area (Å²) in [5.41, 5.74) is 1.60. The normalized spacial score (nSPS) is 16.3. The van der Waals surface area contributed by atoms with Gasteiger partial charge in [0.2, 0.25) is 5.95 Å². The van der Waals surface area contributed by atoms with Crippen LogP contribution in [0, 0.1) is 6.92 Å². The molecule has 146 valence electrons. The van der Waals surface area contributed by atoms with E-state index < -0.39 is 0 Å². The molecule has 5 heterocycles. The van der Waals surface area contributed by atoms with E-state index in [9.17, 15) is 0 Å². The van der Waals surface area contributed by atoms with Gasteiger partial charge in [0.15, 0.2) is 23.1 Å². The van der Waals surface area contributed by atoms with Crippen molar-refractivity contribution >= 4 is 17.6 Å². The monoisotopic (exact) mass is 389 g/mol. The van der Waals surface area contributed by atoms with Gasteiger partial charge in [-0.3, -0.25) is 5.10 Å². The summed E-state index contributed by atoms with van der Waals surface area (Å²) in [6.07, 6.45) is 7.06. The highest BCUT2D eigenvalue weighted by Crippen LogP contribution is 2.36. The van der Waals surface area contributed by atoms with Crippen molar-refractivity contribution in [2.45, 2.75) is 25.8 Å². The quantitative estimate of drug-likeness (QED) is 0.530. The van der Waals surface area contributed by atoms with Crippen LogP contribution < -0.4 is 10.2 Å². The highest BCUT2D eigenvalue weighted by Gasteiger charge is 2.31. The van der Waals surface area contributed by atoms with Crippen LogP contribution in [0.4, 0.5) is 17.6 Å². The number of anilines is 3. The van der Waals surface area contributed by atoms with Gasteiger partial charge in [-0.25, -0.2) is 15.0 Å². The van der Waals surface area contributed by atoms with E-state index >= 15 is 0 Å². The molecule has 2 N–H and O–H groups in total. The van der Waals surface area contributed by atoms with Crippen molar-refractivity contribution in [2.24, 2.45) is 0 Å². The molecule has 1 atom stereocenters. The Labute approximate surface area is 166 Å². The molecule has 1 unspecified atom stereocenters. The molecular weight excluding hydrogens is 370 g/mol. The minimum Gasteiger partial charge on any atom is -0.358 e. The van der Waals surface area contributed by atoms with Crippen LogP contribution in [0.5, 0.6) is 0 Å². The van der Waals surface area contributed by atoms with Gasteiger partial charge >= 0.3 is 0 Å². The van der Waals surface area contributed by atoms with E-state index in [2.05, 4.69) is 45.5 Å². The standard InChI is InChI=1S/C19H19N9O/c1-12-10-17(26-25-12)23-16-5-8-22-19(24-16)28-9-2-4-14(28)15-11-13(27-29-15)18-20-6-3-7-21-18/h3,5-8,10-11,14H,2,4,9H2,1H3,(H2,22,23,24,25,26). The molecule has 0 amide bonds. The molecule has 1 aliphatic heterocycles. The lowest BCUT2D eigenvalue weighted by molar-refractivity contribution is 0.362. The fourth-order valence-corrected chi connectivity index (χ4v) is 3.45. The number of hydrogen-bond acceptors (Lipinski definition) is 9. The van der Waals surface area contributed by atoms with Gasteiger partial charge in [-0.05, 0) is 31.9 Å². The van der Waals surface area contributed by atoms with E-state index in [1.165, 1.54) is 0 Å². The Balaban J connectivity index is 1.38. The van der Waals surface area contributed by atoms with Crippen LogP contribution in [0.3, 0.4) is 0 Å². The van der Waals surface area contributed by atoms with Crippen molar-refractivity contribution in [3.8, 4) is 11.5 Å². The summed E-state index contributed by atoms with van der Waals surface area (Å²) < 4.78 is 5.63. The van der Waals surface area contributed by atoms with Crippen LogP contribution in [0.2, 0.25) is 0 Å². The SMILES string of the molecule is Cc1cc(Nc2ccnc(N3CCCC3c3cc(-c4ncccn4)no3)n2)n[nH]1. The Hall–Kier alpha value is -3.82. The van der Waals surface area contributed by atoms with E-state index in [1.54, 1.807) is 24.7 Å². The van der Waals surface area contributed by atoms with Gasteiger partial charge in [-0.2, -0.15) is 10.1 Å². The van der Waals surface area contributed by atoms with Crippen molar-refractivity contribution in [1.29, 1.82) is 0 Å². The maximum atomic E-state index is 5.63. The molecule has 10 heteroatoms. The van der Waals surface area contributed by atoms with Gasteiger partial charge in [-0.1, -0.05) is 5.16 Å². The molecule has 5 rings (SSSR count). The first-order valence-electron chi connectivity index (χ1n) is 9.39. The lowest BCUT2D eigenvalue weighted by Crippen LogP contribution is -2.24. The number of hydrogen-bond donors (Lipinski definition) is 2. The summed E-state index contributed by atoms with van der Waals surface area (Å²) in [6.45, 7) is 2.79. The largest absolute Gasteiger partial charge is 0.358 e. The second-order valence-electron chi connectivity index (χ2n) is 6.84. The molecule has 4 aromatic heterocycles. The molecule has 0 bridgehead atoms. The highest BCUT2D eigenvalue weighted by molar-refractivity contribution is 5.54.